The van der Waals surface area contributed by atoms with Crippen LogP contribution in [0, 0.1) is 0 Å². The molecule has 0 aliphatic heterocycles. The summed E-state index contributed by atoms with van der Waals surface area (Å²) in [7, 11) is 0. The van der Waals surface area contributed by atoms with Crippen molar-refractivity contribution in [2.24, 2.45) is 0 Å². The highest BCUT2D eigenvalue weighted by Crippen LogP contribution is 2.45. The lowest BCUT2D eigenvalue weighted by Crippen LogP contribution is -2.00. The van der Waals surface area contributed by atoms with Crippen LogP contribution in [0.3, 0.4) is 0 Å². The van der Waals surface area contributed by atoms with Gasteiger partial charge in [-0.2, -0.15) is 0 Å². The van der Waals surface area contributed by atoms with E-state index < -0.39 is 107 Å². The highest BCUT2D eigenvalue weighted by molar-refractivity contribution is 6.23. The first-order valence-corrected chi connectivity index (χ1v) is 13.1. The molecule has 0 bridgehead atoms. The zero-order valence-corrected chi connectivity index (χ0v) is 21.7. The van der Waals surface area contributed by atoms with Gasteiger partial charge in [-0.15, -0.1) is 0 Å². The molecule has 1 heterocycles. The summed E-state index contributed by atoms with van der Waals surface area (Å²) < 4.78 is 136. The van der Waals surface area contributed by atoms with E-state index in [0.717, 1.165) is 16.9 Å². The smallest absolute Gasteiger partial charge is 0.114 e. The molecule has 7 aromatic carbocycles. The summed E-state index contributed by atoms with van der Waals surface area (Å²) >= 11 is 0. The first-order chi connectivity index (χ1) is 26.5. The Labute approximate surface area is 260 Å². The molecule has 0 unspecified atom stereocenters. The molecule has 0 aliphatic rings. The minimum absolute atomic E-state index is 0.0306. The third kappa shape index (κ3) is 3.68. The number of rotatable bonds is 4. The zero-order chi connectivity index (χ0) is 40.4. The fourth-order valence-electron chi connectivity index (χ4n) is 5.57. The minimum atomic E-state index is -0.753. The number of fused-ring (bicyclic) bond motifs is 4. The second-order valence-corrected chi connectivity index (χ2v) is 9.51. The van der Waals surface area contributed by atoms with E-state index in [1.807, 2.05) is 41.8 Å². The molecule has 0 spiro atoms. The third-order valence-corrected chi connectivity index (χ3v) is 7.28. The van der Waals surface area contributed by atoms with Crippen LogP contribution in [0.15, 0.2) is 139 Å². The van der Waals surface area contributed by atoms with E-state index in [1.54, 1.807) is 18.2 Å². The number of hydrogen-bond acceptors (Lipinski definition) is 1. The lowest BCUT2D eigenvalue weighted by Gasteiger charge is -2.19. The minimum Gasteiger partial charge on any atom is -0.296 e. The molecule has 2 nitrogen and oxygen atoms in total. The van der Waals surface area contributed by atoms with Crippen molar-refractivity contribution in [1.29, 1.82) is 0 Å². The zero-order valence-electron chi connectivity index (χ0n) is 36.7. The summed E-state index contributed by atoms with van der Waals surface area (Å²) in [4.78, 5) is 4.78. The molecular weight excluding hydrogens is 496 g/mol. The van der Waals surface area contributed by atoms with Crippen molar-refractivity contribution in [1.82, 2.24) is 9.55 Å². The largest absolute Gasteiger partial charge is 0.296 e. The summed E-state index contributed by atoms with van der Waals surface area (Å²) in [5.41, 5.74) is 1.70. The third-order valence-electron chi connectivity index (χ3n) is 7.28. The van der Waals surface area contributed by atoms with Gasteiger partial charge in [0.1, 0.15) is 5.82 Å². The van der Waals surface area contributed by atoms with Gasteiger partial charge in [0.25, 0.3) is 0 Å². The van der Waals surface area contributed by atoms with Crippen LogP contribution in [0.25, 0.3) is 71.3 Å². The highest BCUT2D eigenvalue weighted by Gasteiger charge is 2.18. The first kappa shape index (κ1) is 13.0. The Bertz CT molecular complexity index is 2990. The Morgan fingerprint density at radius 2 is 1.27 bits per heavy atom. The average Bonchev–Trinajstić information content (AvgIpc) is 3.59. The van der Waals surface area contributed by atoms with E-state index in [-0.39, 0.29) is 32.7 Å². The summed E-state index contributed by atoms with van der Waals surface area (Å²) in [6.45, 7) is 1.95. The SMILES string of the molecule is [2H]c1c([2H])c([2H])c2c(-c3c4c([2H])c([2H])c([2H])c([2H])c4c(-c4cccc(-n5c(CC)nc6ccccc65)c4)c4c([2H])c([2H])c([2H])c([2H])c34)c([2H])c([2H])c([2H])c2c1[2H]. The summed E-state index contributed by atoms with van der Waals surface area (Å²) in [6.07, 6.45) is 0.554. The van der Waals surface area contributed by atoms with Gasteiger partial charge in [-0.1, -0.05) is 122 Å². The fraction of sp³-hybridized carbons (Fsp3) is 0.0513. The lowest BCUT2D eigenvalue weighted by atomic mass is 9.84. The van der Waals surface area contributed by atoms with Crippen molar-refractivity contribution < 1.29 is 20.6 Å². The maximum Gasteiger partial charge on any atom is 0.114 e. The second-order valence-electron chi connectivity index (χ2n) is 9.51. The molecule has 0 amide bonds. The topological polar surface area (TPSA) is 17.8 Å². The molecule has 194 valence electrons. The number of imidazole rings is 1. The van der Waals surface area contributed by atoms with Crippen molar-refractivity contribution in [2.45, 2.75) is 13.3 Å². The molecule has 41 heavy (non-hydrogen) atoms. The molecule has 8 aromatic rings. The van der Waals surface area contributed by atoms with Gasteiger partial charge in [0.15, 0.2) is 0 Å². The molecule has 1 aromatic heterocycles. The summed E-state index contributed by atoms with van der Waals surface area (Å²) in [5.74, 6) is 0.723. The van der Waals surface area contributed by atoms with Crippen LogP contribution >= 0.6 is 0 Å². The fourth-order valence-corrected chi connectivity index (χ4v) is 5.57. The van der Waals surface area contributed by atoms with Gasteiger partial charge in [0, 0.05) is 12.1 Å². The molecule has 0 fully saturated rings. The van der Waals surface area contributed by atoms with Crippen LogP contribution in [-0.2, 0) is 6.42 Å². The van der Waals surface area contributed by atoms with Gasteiger partial charge in [-0.05, 0) is 78.8 Å². The van der Waals surface area contributed by atoms with Crippen LogP contribution < -0.4 is 0 Å². The van der Waals surface area contributed by atoms with Gasteiger partial charge >= 0.3 is 0 Å². The number of para-hydroxylation sites is 2. The molecule has 0 saturated carbocycles. The number of benzene rings is 7. The molecule has 0 saturated heterocycles. The van der Waals surface area contributed by atoms with Gasteiger partial charge in [0.05, 0.1) is 31.6 Å². The van der Waals surface area contributed by atoms with Crippen LogP contribution in [0.5, 0.6) is 0 Å². The molecule has 0 radical (unpaired) electrons. The highest BCUT2D eigenvalue weighted by atomic mass is 15.1. The molecule has 2 heteroatoms. The van der Waals surface area contributed by atoms with Crippen molar-refractivity contribution >= 4 is 43.4 Å². The number of aryl methyl sites for hydroxylation is 1. The van der Waals surface area contributed by atoms with Gasteiger partial charge in [-0.25, -0.2) is 4.98 Å². The van der Waals surface area contributed by atoms with E-state index >= 15 is 0 Å². The van der Waals surface area contributed by atoms with Crippen LogP contribution in [0.1, 0.15) is 33.3 Å². The molecule has 0 atom stereocenters. The van der Waals surface area contributed by atoms with E-state index in [2.05, 4.69) is 0 Å². The maximum atomic E-state index is 9.33. The van der Waals surface area contributed by atoms with E-state index in [4.69, 9.17) is 18.7 Å². The Hall–Kier alpha value is -5.21. The van der Waals surface area contributed by atoms with Crippen molar-refractivity contribution in [3.63, 3.8) is 0 Å². The molecule has 0 aliphatic carbocycles. The standard InChI is InChI=1S/C39H28N2/c1-2-37-40-35-23-9-10-24-36(35)41(37)28-16-11-15-27(25-28)38-31-18-5-7-20-33(31)39(34-21-8-6-19-32(34)38)30-22-12-14-26-13-3-4-17-29(26)30/h3-25H,2H2,1H3/i3D,4D,5D,6D,7D,8D,12D,13D,14D,17D,18D,19D,20D,21D,22D. The second kappa shape index (κ2) is 9.46. The first-order valence-electron chi connectivity index (χ1n) is 20.6. The van der Waals surface area contributed by atoms with Gasteiger partial charge < -0.3 is 0 Å². The molecule has 0 N–H and O–H groups in total. The number of aromatic nitrogens is 2. The monoisotopic (exact) mass is 539 g/mol. The Morgan fingerprint density at radius 1 is 0.634 bits per heavy atom. The van der Waals surface area contributed by atoms with Gasteiger partial charge in [0.2, 0.25) is 0 Å². The predicted octanol–water partition coefficient (Wildman–Crippen LogP) is 10.4. The van der Waals surface area contributed by atoms with Crippen LogP contribution in [0.4, 0.5) is 0 Å². The Kier molecular flexibility index (Phi) is 2.99. The van der Waals surface area contributed by atoms with Crippen molar-refractivity contribution in [3.8, 4) is 27.9 Å². The summed E-state index contributed by atoms with van der Waals surface area (Å²) in [5, 5.41) is -1.78. The van der Waals surface area contributed by atoms with Crippen LogP contribution in [-0.4, -0.2) is 9.55 Å². The quantitative estimate of drug-likeness (QED) is 0.203. The van der Waals surface area contributed by atoms with E-state index in [0.29, 0.717) is 17.7 Å². The summed E-state index contributed by atoms with van der Waals surface area (Å²) in [6, 6.07) is 4.33. The number of hydrogen-bond donors (Lipinski definition) is 0. The van der Waals surface area contributed by atoms with Crippen molar-refractivity contribution in [2.75, 3.05) is 0 Å². The van der Waals surface area contributed by atoms with Gasteiger partial charge in [-0.3, -0.25) is 4.57 Å². The predicted molar refractivity (Wildman–Crippen MR) is 174 cm³/mol. The lowest BCUT2D eigenvalue weighted by molar-refractivity contribution is 0.908. The normalized spacial score (nSPS) is 16.8. The Balaban J connectivity index is 1.68. The average molecular weight is 540 g/mol. The molecule has 8 rings (SSSR count). The van der Waals surface area contributed by atoms with Crippen molar-refractivity contribution in [3.05, 3.63) is 145 Å². The molecular formula is C39H28N2. The van der Waals surface area contributed by atoms with E-state index in [1.165, 1.54) is 0 Å². The maximum absolute atomic E-state index is 9.33. The van der Waals surface area contributed by atoms with E-state index in [9.17, 15) is 6.85 Å². The van der Waals surface area contributed by atoms with Crippen LogP contribution in [0.2, 0.25) is 0 Å². The Morgan fingerprint density at radius 3 is 2.00 bits per heavy atom. The number of nitrogens with zero attached hydrogens (tertiary/aromatic N) is 2.